The molecule has 0 atom stereocenters. The van der Waals surface area contributed by atoms with Crippen molar-refractivity contribution in [3.63, 3.8) is 0 Å². The summed E-state index contributed by atoms with van der Waals surface area (Å²) in [4.78, 5) is 0. The Morgan fingerprint density at radius 1 is 0.909 bits per heavy atom. The van der Waals surface area contributed by atoms with Gasteiger partial charge in [0.25, 0.3) is 0 Å². The zero-order valence-corrected chi connectivity index (χ0v) is 13.5. The third-order valence-electron chi connectivity index (χ3n) is 3.40. The number of unbranched alkanes of at least 4 members (excludes halogenated alkanes) is 1. The molecule has 0 saturated carbocycles. The zero-order valence-electron chi connectivity index (χ0n) is 13.5. The van der Waals surface area contributed by atoms with Gasteiger partial charge in [-0.2, -0.15) is 0 Å². The second-order valence-electron chi connectivity index (χ2n) is 5.27. The highest BCUT2D eigenvalue weighted by Gasteiger charge is 1.98. The van der Waals surface area contributed by atoms with Crippen LogP contribution >= 0.6 is 0 Å². The van der Waals surface area contributed by atoms with Crippen LogP contribution in [0.1, 0.15) is 25.3 Å². The predicted molar refractivity (Wildman–Crippen MR) is 92.0 cm³/mol. The molecule has 0 aliphatic rings. The number of hydrogen-bond acceptors (Lipinski definition) is 3. The molecule has 2 rings (SSSR count). The van der Waals surface area contributed by atoms with Crippen LogP contribution in [0.4, 0.5) is 5.69 Å². The van der Waals surface area contributed by atoms with Gasteiger partial charge in [-0.1, -0.05) is 31.5 Å². The van der Waals surface area contributed by atoms with Crippen LogP contribution in [0.2, 0.25) is 0 Å². The molecular weight excluding hydrogens is 274 g/mol. The maximum absolute atomic E-state index is 5.76. The summed E-state index contributed by atoms with van der Waals surface area (Å²) in [6.07, 6.45) is 2.25. The van der Waals surface area contributed by atoms with E-state index in [4.69, 9.17) is 9.47 Å². The molecule has 1 N–H and O–H groups in total. The van der Waals surface area contributed by atoms with Crippen molar-refractivity contribution < 1.29 is 9.47 Å². The standard InChI is InChI=1S/C19H25NO2/c1-3-4-14-21-18-11-9-17(10-12-18)20-13-15-22-19-8-6-5-7-16(19)2/h5-12,20H,3-4,13-15H2,1-2H3. The van der Waals surface area contributed by atoms with Gasteiger partial charge >= 0.3 is 0 Å². The highest BCUT2D eigenvalue weighted by Crippen LogP contribution is 2.17. The smallest absolute Gasteiger partial charge is 0.122 e. The maximum atomic E-state index is 5.76. The van der Waals surface area contributed by atoms with E-state index in [1.807, 2.05) is 42.5 Å². The van der Waals surface area contributed by atoms with Gasteiger partial charge < -0.3 is 14.8 Å². The van der Waals surface area contributed by atoms with E-state index in [0.717, 1.165) is 48.7 Å². The van der Waals surface area contributed by atoms with Gasteiger partial charge in [-0.3, -0.25) is 0 Å². The molecule has 118 valence electrons. The Labute approximate surface area is 133 Å². The van der Waals surface area contributed by atoms with Crippen molar-refractivity contribution in [3.05, 3.63) is 54.1 Å². The second kappa shape index (κ2) is 8.98. The molecule has 0 heterocycles. The number of aryl methyl sites for hydroxylation is 1. The fourth-order valence-electron chi connectivity index (χ4n) is 2.08. The highest BCUT2D eigenvalue weighted by molar-refractivity contribution is 5.46. The lowest BCUT2D eigenvalue weighted by atomic mass is 10.2. The minimum absolute atomic E-state index is 0.638. The lowest BCUT2D eigenvalue weighted by Crippen LogP contribution is -2.11. The third-order valence-corrected chi connectivity index (χ3v) is 3.40. The summed E-state index contributed by atoms with van der Waals surface area (Å²) in [5.74, 6) is 1.87. The van der Waals surface area contributed by atoms with E-state index in [0.29, 0.717) is 6.61 Å². The molecule has 0 bridgehead atoms. The summed E-state index contributed by atoms with van der Waals surface area (Å²) >= 11 is 0. The van der Waals surface area contributed by atoms with Gasteiger partial charge in [0.15, 0.2) is 0 Å². The van der Waals surface area contributed by atoms with Crippen LogP contribution in [0.3, 0.4) is 0 Å². The first kappa shape index (κ1) is 16.2. The average Bonchev–Trinajstić information content (AvgIpc) is 2.55. The van der Waals surface area contributed by atoms with Gasteiger partial charge in [0.05, 0.1) is 6.61 Å². The van der Waals surface area contributed by atoms with Crippen LogP contribution in [0, 0.1) is 6.92 Å². The fraction of sp³-hybridized carbons (Fsp3) is 0.368. The van der Waals surface area contributed by atoms with Crippen LogP contribution in [0.25, 0.3) is 0 Å². The molecule has 3 heteroatoms. The van der Waals surface area contributed by atoms with Crippen molar-refractivity contribution in [3.8, 4) is 11.5 Å². The predicted octanol–water partition coefficient (Wildman–Crippen LogP) is 4.66. The lowest BCUT2D eigenvalue weighted by Gasteiger charge is -2.11. The quantitative estimate of drug-likeness (QED) is 0.683. The van der Waals surface area contributed by atoms with E-state index >= 15 is 0 Å². The SMILES string of the molecule is CCCCOc1ccc(NCCOc2ccccc2C)cc1. The normalized spacial score (nSPS) is 10.3. The number of hydrogen-bond donors (Lipinski definition) is 1. The average molecular weight is 299 g/mol. The molecule has 0 fully saturated rings. The van der Waals surface area contributed by atoms with Gasteiger partial charge in [-0.15, -0.1) is 0 Å². The van der Waals surface area contributed by atoms with Crippen LogP contribution in [-0.4, -0.2) is 19.8 Å². The minimum atomic E-state index is 0.638. The first-order valence-corrected chi connectivity index (χ1v) is 7.94. The van der Waals surface area contributed by atoms with Crippen LogP contribution < -0.4 is 14.8 Å². The van der Waals surface area contributed by atoms with Crippen molar-refractivity contribution in [2.45, 2.75) is 26.7 Å². The molecule has 3 nitrogen and oxygen atoms in total. The molecule has 2 aromatic carbocycles. The summed E-state index contributed by atoms with van der Waals surface area (Å²) in [6, 6.07) is 16.1. The summed E-state index contributed by atoms with van der Waals surface area (Å²) in [5.41, 5.74) is 2.24. The number of ether oxygens (including phenoxy) is 2. The van der Waals surface area contributed by atoms with E-state index in [9.17, 15) is 0 Å². The lowest BCUT2D eigenvalue weighted by molar-refractivity contribution is 0.309. The Bertz CT molecular complexity index is 552. The monoisotopic (exact) mass is 299 g/mol. The summed E-state index contributed by atoms with van der Waals surface area (Å²) in [5, 5.41) is 3.35. The van der Waals surface area contributed by atoms with Gasteiger partial charge in [-0.05, 0) is 49.2 Å². The van der Waals surface area contributed by atoms with Gasteiger partial charge in [-0.25, -0.2) is 0 Å². The molecular formula is C19H25NO2. The third kappa shape index (κ3) is 5.32. The van der Waals surface area contributed by atoms with E-state index < -0.39 is 0 Å². The van der Waals surface area contributed by atoms with Crippen molar-refractivity contribution in [1.82, 2.24) is 0 Å². The Hall–Kier alpha value is -2.16. The number of benzene rings is 2. The van der Waals surface area contributed by atoms with Crippen LogP contribution in [0.5, 0.6) is 11.5 Å². The maximum Gasteiger partial charge on any atom is 0.122 e. The van der Waals surface area contributed by atoms with E-state index in [-0.39, 0.29) is 0 Å². The van der Waals surface area contributed by atoms with Crippen molar-refractivity contribution in [2.75, 3.05) is 25.1 Å². The molecule has 22 heavy (non-hydrogen) atoms. The number of nitrogens with one attached hydrogen (secondary N) is 1. The van der Waals surface area contributed by atoms with Crippen molar-refractivity contribution in [1.29, 1.82) is 0 Å². The molecule has 2 aromatic rings. The summed E-state index contributed by atoms with van der Waals surface area (Å²) in [7, 11) is 0. The van der Waals surface area contributed by atoms with Crippen LogP contribution in [0.15, 0.2) is 48.5 Å². The first-order chi connectivity index (χ1) is 10.8. The Morgan fingerprint density at radius 2 is 1.68 bits per heavy atom. The topological polar surface area (TPSA) is 30.5 Å². The molecule has 0 aliphatic carbocycles. The zero-order chi connectivity index (χ0) is 15.6. The van der Waals surface area contributed by atoms with E-state index in [1.165, 1.54) is 0 Å². The first-order valence-electron chi connectivity index (χ1n) is 7.94. The van der Waals surface area contributed by atoms with Crippen LogP contribution in [-0.2, 0) is 0 Å². The molecule has 0 saturated heterocycles. The minimum Gasteiger partial charge on any atom is -0.494 e. The van der Waals surface area contributed by atoms with Gasteiger partial charge in [0, 0.05) is 12.2 Å². The number of rotatable bonds is 9. The molecule has 0 radical (unpaired) electrons. The van der Waals surface area contributed by atoms with E-state index in [2.05, 4.69) is 25.2 Å². The van der Waals surface area contributed by atoms with Crippen molar-refractivity contribution in [2.24, 2.45) is 0 Å². The molecule has 0 aromatic heterocycles. The number of para-hydroxylation sites is 1. The largest absolute Gasteiger partial charge is 0.494 e. The molecule has 0 unspecified atom stereocenters. The molecule has 0 aliphatic heterocycles. The summed E-state index contributed by atoms with van der Waals surface area (Å²) < 4.78 is 11.4. The Morgan fingerprint density at radius 3 is 2.41 bits per heavy atom. The van der Waals surface area contributed by atoms with Gasteiger partial charge in [0.1, 0.15) is 18.1 Å². The second-order valence-corrected chi connectivity index (χ2v) is 5.27. The fourth-order valence-corrected chi connectivity index (χ4v) is 2.08. The highest BCUT2D eigenvalue weighted by atomic mass is 16.5. The van der Waals surface area contributed by atoms with E-state index in [1.54, 1.807) is 0 Å². The Balaban J connectivity index is 1.70. The summed E-state index contributed by atoms with van der Waals surface area (Å²) in [6.45, 7) is 6.41. The number of anilines is 1. The Kier molecular flexibility index (Phi) is 6.62. The molecule has 0 spiro atoms. The molecule has 0 amide bonds. The van der Waals surface area contributed by atoms with Gasteiger partial charge in [0.2, 0.25) is 0 Å². The van der Waals surface area contributed by atoms with Crippen molar-refractivity contribution >= 4 is 5.69 Å².